The maximum Gasteiger partial charge on any atom is 0.198 e. The summed E-state index contributed by atoms with van der Waals surface area (Å²) >= 11 is 0. The van der Waals surface area contributed by atoms with Gasteiger partial charge < -0.3 is 20.1 Å². The lowest BCUT2D eigenvalue weighted by Crippen LogP contribution is -2.44. The van der Waals surface area contributed by atoms with Crippen LogP contribution in [-0.2, 0) is 10.2 Å². The molecule has 5 heteroatoms. The van der Waals surface area contributed by atoms with Crippen molar-refractivity contribution in [1.29, 1.82) is 0 Å². The molecule has 5 nitrogen and oxygen atoms in total. The first-order chi connectivity index (χ1) is 13.2. The summed E-state index contributed by atoms with van der Waals surface area (Å²) in [5.74, 6) is 1.61. The Morgan fingerprint density at radius 3 is 2.85 bits per heavy atom. The summed E-state index contributed by atoms with van der Waals surface area (Å²) in [6, 6.07) is 8.78. The number of aliphatic hydroxyl groups excluding tert-OH is 1. The van der Waals surface area contributed by atoms with Crippen LogP contribution < -0.4 is 10.2 Å². The van der Waals surface area contributed by atoms with Crippen LogP contribution in [0.3, 0.4) is 0 Å². The smallest absolute Gasteiger partial charge is 0.198 e. The molecule has 0 amide bonds. The number of para-hydroxylation sites is 1. The van der Waals surface area contributed by atoms with E-state index in [9.17, 15) is 5.11 Å². The molecule has 27 heavy (non-hydrogen) atoms. The number of benzene rings is 1. The van der Waals surface area contributed by atoms with E-state index in [1.807, 2.05) is 0 Å². The topological polar surface area (TPSA) is 57.1 Å². The summed E-state index contributed by atoms with van der Waals surface area (Å²) in [5.41, 5.74) is 3.03. The third kappa shape index (κ3) is 4.14. The average molecular weight is 372 g/mol. The number of rotatable bonds is 7. The molecule has 1 aromatic rings. The van der Waals surface area contributed by atoms with Crippen LogP contribution in [0, 0.1) is 5.92 Å². The highest BCUT2D eigenvalue weighted by Gasteiger charge is 2.45. The number of guanidine groups is 1. The highest BCUT2D eigenvalue weighted by Crippen LogP contribution is 2.50. The van der Waals surface area contributed by atoms with Gasteiger partial charge in [0.1, 0.15) is 0 Å². The number of aliphatic hydroxyl groups is 1. The number of hydrogen-bond acceptors (Lipinski definition) is 3. The van der Waals surface area contributed by atoms with E-state index in [-0.39, 0.29) is 5.41 Å². The molecular weight excluding hydrogens is 338 g/mol. The number of nitrogens with zero attached hydrogens (tertiary/aromatic N) is 2. The summed E-state index contributed by atoms with van der Waals surface area (Å²) < 4.78 is 5.62. The lowest BCUT2D eigenvalue weighted by molar-refractivity contribution is 0.0368. The minimum Gasteiger partial charge on any atom is -0.389 e. The number of nitrogens with one attached hydrogen (secondary N) is 1. The van der Waals surface area contributed by atoms with Gasteiger partial charge in [-0.05, 0) is 50.2 Å². The lowest BCUT2D eigenvalue weighted by atomic mass is 9.81. The highest BCUT2D eigenvalue weighted by atomic mass is 16.5. The molecule has 0 saturated heterocycles. The van der Waals surface area contributed by atoms with E-state index in [1.54, 1.807) is 0 Å². The van der Waals surface area contributed by atoms with Crippen molar-refractivity contribution in [2.45, 2.75) is 57.0 Å². The van der Waals surface area contributed by atoms with Gasteiger partial charge in [-0.25, -0.2) is 0 Å². The number of aliphatic imine (C=N–C) groups is 1. The molecular formula is C22H33N3O2. The summed E-state index contributed by atoms with van der Waals surface area (Å²) in [6.45, 7) is 5.44. The second-order valence-electron chi connectivity index (χ2n) is 8.42. The Balaban J connectivity index is 1.46. The Kier molecular flexibility index (Phi) is 5.69. The minimum absolute atomic E-state index is 0.277. The van der Waals surface area contributed by atoms with Gasteiger partial charge >= 0.3 is 0 Å². The van der Waals surface area contributed by atoms with Gasteiger partial charge in [-0.3, -0.25) is 4.99 Å². The van der Waals surface area contributed by atoms with Crippen molar-refractivity contribution in [1.82, 2.24) is 5.32 Å². The molecule has 1 heterocycles. The van der Waals surface area contributed by atoms with E-state index in [0.717, 1.165) is 31.6 Å². The van der Waals surface area contributed by atoms with E-state index in [1.165, 1.54) is 49.8 Å². The van der Waals surface area contributed by atoms with Crippen molar-refractivity contribution < 1.29 is 9.84 Å². The van der Waals surface area contributed by atoms with E-state index >= 15 is 0 Å². The van der Waals surface area contributed by atoms with Crippen molar-refractivity contribution in [3.05, 3.63) is 29.8 Å². The van der Waals surface area contributed by atoms with E-state index in [4.69, 9.17) is 9.73 Å². The molecule has 0 aromatic heterocycles. The number of fused-ring (bicyclic) bond motifs is 2. The molecule has 2 N–H and O–H groups in total. The molecule has 1 spiro atoms. The third-order valence-corrected chi connectivity index (χ3v) is 6.19. The van der Waals surface area contributed by atoms with Gasteiger partial charge in [-0.15, -0.1) is 0 Å². The second-order valence-corrected chi connectivity index (χ2v) is 8.42. The summed E-state index contributed by atoms with van der Waals surface area (Å²) in [5, 5.41) is 13.7. The minimum atomic E-state index is -0.546. The van der Waals surface area contributed by atoms with E-state index in [2.05, 4.69) is 41.4 Å². The van der Waals surface area contributed by atoms with Crippen LogP contribution in [0.25, 0.3) is 0 Å². The third-order valence-electron chi connectivity index (χ3n) is 6.19. The molecule has 1 aromatic carbocycles. The summed E-state index contributed by atoms with van der Waals surface area (Å²) in [4.78, 5) is 7.10. The van der Waals surface area contributed by atoms with Crippen molar-refractivity contribution in [2.75, 3.05) is 37.7 Å². The van der Waals surface area contributed by atoms with Crippen LogP contribution >= 0.6 is 0 Å². The van der Waals surface area contributed by atoms with Gasteiger partial charge in [0.05, 0.1) is 19.3 Å². The highest BCUT2D eigenvalue weighted by molar-refractivity contribution is 5.98. The zero-order valence-corrected chi connectivity index (χ0v) is 16.5. The summed E-state index contributed by atoms with van der Waals surface area (Å²) in [6.07, 6.45) is 7.15. The van der Waals surface area contributed by atoms with Crippen molar-refractivity contribution in [2.24, 2.45) is 10.9 Å². The Hall–Kier alpha value is -1.59. The first kappa shape index (κ1) is 18.8. The molecule has 0 bridgehead atoms. The molecule has 1 atom stereocenters. The van der Waals surface area contributed by atoms with Crippen LogP contribution in [0.15, 0.2) is 29.3 Å². The van der Waals surface area contributed by atoms with E-state index in [0.29, 0.717) is 13.2 Å². The maximum atomic E-state index is 10.3. The molecule has 0 radical (unpaired) electrons. The SMILES string of the molecule is CCNC(=NCC(O)COCC1CC1)N1CC2(CCCC2)c2ccccc21. The monoisotopic (exact) mass is 371 g/mol. The quantitative estimate of drug-likeness (QED) is 0.571. The fraction of sp³-hybridized carbons (Fsp3) is 0.682. The first-order valence-corrected chi connectivity index (χ1v) is 10.6. The normalized spacial score (nSPS) is 22.3. The van der Waals surface area contributed by atoms with Crippen molar-refractivity contribution in [3.8, 4) is 0 Å². The average Bonchev–Trinajstić information content (AvgIpc) is 3.29. The van der Waals surface area contributed by atoms with Crippen LogP contribution in [0.5, 0.6) is 0 Å². The van der Waals surface area contributed by atoms with Gasteiger partial charge in [0.2, 0.25) is 0 Å². The molecule has 3 aliphatic rings. The van der Waals surface area contributed by atoms with Gasteiger partial charge in [0, 0.05) is 30.8 Å². The van der Waals surface area contributed by atoms with Gasteiger partial charge in [0.25, 0.3) is 0 Å². The molecule has 1 aliphatic heterocycles. The fourth-order valence-electron chi connectivity index (χ4n) is 4.59. The van der Waals surface area contributed by atoms with Crippen LogP contribution in [0.1, 0.15) is 51.0 Å². The Bertz CT molecular complexity index is 665. The van der Waals surface area contributed by atoms with Crippen LogP contribution in [0.2, 0.25) is 0 Å². The molecule has 2 aliphatic carbocycles. The van der Waals surface area contributed by atoms with E-state index < -0.39 is 6.10 Å². The standard InChI is InChI=1S/C22H33N3O2/c1-2-23-21(24-13-18(26)15-27-14-17-9-10-17)25-16-22(11-5-6-12-22)19-7-3-4-8-20(19)25/h3-4,7-8,17-18,26H,2,5-6,9-16H2,1H3,(H,23,24). The summed E-state index contributed by atoms with van der Waals surface area (Å²) in [7, 11) is 0. The van der Waals surface area contributed by atoms with Crippen LogP contribution in [0.4, 0.5) is 5.69 Å². The zero-order chi connectivity index (χ0) is 18.7. The Labute approximate surface area is 162 Å². The molecule has 4 rings (SSSR count). The predicted molar refractivity (Wildman–Crippen MR) is 109 cm³/mol. The molecule has 2 fully saturated rings. The second kappa shape index (κ2) is 8.19. The van der Waals surface area contributed by atoms with Crippen molar-refractivity contribution in [3.63, 3.8) is 0 Å². The van der Waals surface area contributed by atoms with Crippen molar-refractivity contribution >= 4 is 11.6 Å². The molecule has 148 valence electrons. The number of ether oxygens (including phenoxy) is 1. The lowest BCUT2D eigenvalue weighted by Gasteiger charge is -2.27. The van der Waals surface area contributed by atoms with Gasteiger partial charge in [-0.1, -0.05) is 31.0 Å². The van der Waals surface area contributed by atoms with Crippen LogP contribution in [-0.4, -0.2) is 50.0 Å². The number of hydrogen-bond donors (Lipinski definition) is 2. The maximum absolute atomic E-state index is 10.3. The molecule has 1 unspecified atom stereocenters. The largest absolute Gasteiger partial charge is 0.389 e. The first-order valence-electron chi connectivity index (χ1n) is 10.6. The fourth-order valence-corrected chi connectivity index (χ4v) is 4.59. The molecule has 2 saturated carbocycles. The number of anilines is 1. The van der Waals surface area contributed by atoms with Gasteiger partial charge in [0.15, 0.2) is 5.96 Å². The Morgan fingerprint density at radius 1 is 1.33 bits per heavy atom. The Morgan fingerprint density at radius 2 is 2.11 bits per heavy atom. The zero-order valence-electron chi connectivity index (χ0n) is 16.5. The predicted octanol–water partition coefficient (Wildman–Crippen LogP) is 3.07. The van der Waals surface area contributed by atoms with Gasteiger partial charge in [-0.2, -0.15) is 0 Å².